The molecule has 0 bridgehead atoms. The molecule has 1 aliphatic heterocycles. The number of carbonyl (C=O) groups is 1. The number of thiophene rings is 1. The highest BCUT2D eigenvalue weighted by Crippen LogP contribution is 2.50. The first-order valence-electron chi connectivity index (χ1n) is 13.5. The second kappa shape index (κ2) is 14.2. The molecule has 1 aromatic heterocycles. The number of rotatable bonds is 13. The van der Waals surface area contributed by atoms with Crippen molar-refractivity contribution in [3.63, 3.8) is 0 Å². The molecule has 0 saturated carbocycles. The molecule has 218 valence electrons. The van der Waals surface area contributed by atoms with Crippen LogP contribution >= 0.6 is 22.1 Å². The number of anilines is 2. The molecule has 3 aromatic rings. The van der Waals surface area contributed by atoms with Crippen molar-refractivity contribution in [2.75, 3.05) is 42.1 Å². The van der Waals surface area contributed by atoms with Gasteiger partial charge in [0.1, 0.15) is 5.75 Å². The lowest BCUT2D eigenvalue weighted by molar-refractivity contribution is 0.0830. The first-order chi connectivity index (χ1) is 19.3. The highest BCUT2D eigenvalue weighted by atomic mass is 32.3. The lowest BCUT2D eigenvalue weighted by Gasteiger charge is -2.47. The van der Waals surface area contributed by atoms with Gasteiger partial charge in [-0.05, 0) is 84.5 Å². The van der Waals surface area contributed by atoms with E-state index in [1.54, 1.807) is 34.9 Å². The normalized spacial score (nSPS) is 17.1. The van der Waals surface area contributed by atoms with E-state index >= 15 is 0 Å². The van der Waals surface area contributed by atoms with Crippen LogP contribution in [-0.2, 0) is 13.0 Å². The van der Waals surface area contributed by atoms with Gasteiger partial charge in [0.05, 0.1) is 30.7 Å². The van der Waals surface area contributed by atoms with Gasteiger partial charge in [-0.15, -0.1) is 10.8 Å². The van der Waals surface area contributed by atoms with Crippen molar-refractivity contribution in [3.05, 3.63) is 76.0 Å². The van der Waals surface area contributed by atoms with Crippen LogP contribution in [0.4, 0.5) is 11.4 Å². The Hall–Kier alpha value is -2.80. The minimum atomic E-state index is -2.94. The minimum absolute atomic E-state index is 0.281. The Kier molecular flexibility index (Phi) is 10.7. The molecule has 1 fully saturated rings. The average molecular weight is 589 g/mol. The molecule has 9 nitrogen and oxygen atoms in total. The number of aliphatic hydroxyl groups is 1. The lowest BCUT2D eigenvalue weighted by atomic mass is 10.0. The highest BCUT2D eigenvalue weighted by molar-refractivity contribution is 8.25. The number of carbonyl (C=O) groups excluding carboxylic acids is 1. The van der Waals surface area contributed by atoms with E-state index in [2.05, 4.69) is 16.0 Å². The number of nitrogens with zero attached hydrogens (tertiary/aromatic N) is 1. The zero-order valence-electron chi connectivity index (χ0n) is 23.0. The molecule has 2 heterocycles. The van der Waals surface area contributed by atoms with Gasteiger partial charge in [-0.2, -0.15) is 11.3 Å². The molecule has 2 atom stereocenters. The standard InChI is InChI=1S/C29H40N4O5S2/c1-3-31-24-15-23(16-25(17-24)33-10-4-5-12-40(33,36)37)29(35)32-27(14-22-9-11-39-20-22)28(34)19-30-18-21-7-6-8-26(13-21)38-2/h6-9,11,13,15-17,20,27-28,30-31,34,36-37H,3-5,10,12,14,18-19H2,1-2H3,(H,32,35). The van der Waals surface area contributed by atoms with Crippen LogP contribution < -0.4 is 25.0 Å². The van der Waals surface area contributed by atoms with E-state index in [1.165, 1.54) is 0 Å². The molecule has 4 rings (SSSR count). The molecule has 1 aliphatic rings. The zero-order chi connectivity index (χ0) is 28.5. The second-order valence-corrected chi connectivity index (χ2v) is 12.8. The maximum atomic E-state index is 13.6. The summed E-state index contributed by atoms with van der Waals surface area (Å²) in [5.41, 5.74) is 3.77. The Labute approximate surface area is 242 Å². The van der Waals surface area contributed by atoms with Crippen LogP contribution in [0, 0.1) is 0 Å². The third-order valence-corrected chi connectivity index (χ3v) is 9.53. The van der Waals surface area contributed by atoms with Crippen LogP contribution in [0.25, 0.3) is 0 Å². The lowest BCUT2D eigenvalue weighted by Crippen LogP contribution is -2.48. The third-order valence-electron chi connectivity index (χ3n) is 6.86. The van der Waals surface area contributed by atoms with E-state index < -0.39 is 22.9 Å². The fraction of sp³-hybridized carbons (Fsp3) is 0.414. The largest absolute Gasteiger partial charge is 0.497 e. The predicted molar refractivity (Wildman–Crippen MR) is 165 cm³/mol. The molecular weight excluding hydrogens is 548 g/mol. The van der Waals surface area contributed by atoms with E-state index in [-0.39, 0.29) is 12.5 Å². The molecule has 1 saturated heterocycles. The molecule has 2 aromatic carbocycles. The molecule has 1 amide bonds. The van der Waals surface area contributed by atoms with Crippen molar-refractivity contribution in [2.45, 2.75) is 44.9 Å². The summed E-state index contributed by atoms with van der Waals surface area (Å²) in [4.78, 5) is 13.6. The number of nitrogens with one attached hydrogen (secondary N) is 3. The van der Waals surface area contributed by atoms with Gasteiger partial charge in [-0.3, -0.25) is 18.2 Å². The fourth-order valence-corrected chi connectivity index (χ4v) is 7.14. The van der Waals surface area contributed by atoms with Crippen molar-refractivity contribution in [2.24, 2.45) is 0 Å². The Morgan fingerprint density at radius 2 is 2.00 bits per heavy atom. The number of hydrogen-bond donors (Lipinski definition) is 6. The number of aliphatic hydroxyl groups excluding tert-OH is 1. The fourth-order valence-electron chi connectivity index (χ4n) is 4.78. The summed E-state index contributed by atoms with van der Waals surface area (Å²) in [5, 5.41) is 24.7. The molecule has 6 N–H and O–H groups in total. The van der Waals surface area contributed by atoms with Crippen molar-refractivity contribution in [1.82, 2.24) is 10.6 Å². The maximum absolute atomic E-state index is 13.6. The monoisotopic (exact) mass is 588 g/mol. The Bertz CT molecular complexity index is 1240. The van der Waals surface area contributed by atoms with Crippen molar-refractivity contribution >= 4 is 39.4 Å². The van der Waals surface area contributed by atoms with Crippen molar-refractivity contribution in [1.29, 1.82) is 0 Å². The summed E-state index contributed by atoms with van der Waals surface area (Å²) >= 11 is 1.57. The van der Waals surface area contributed by atoms with Gasteiger partial charge in [-0.1, -0.05) is 12.1 Å². The number of hydrogen-bond acceptors (Lipinski definition) is 9. The topological polar surface area (TPSA) is 126 Å². The first-order valence-corrected chi connectivity index (χ1v) is 16.2. The SMILES string of the molecule is CCNc1cc(C(=O)NC(Cc2ccsc2)C(O)CNCc2cccc(OC)c2)cc(N2CCCCS2(O)O)c1. The van der Waals surface area contributed by atoms with Crippen LogP contribution in [0.3, 0.4) is 0 Å². The summed E-state index contributed by atoms with van der Waals surface area (Å²) in [7, 11) is -1.31. The molecule has 0 spiro atoms. The van der Waals surface area contributed by atoms with E-state index in [1.807, 2.05) is 54.1 Å². The van der Waals surface area contributed by atoms with Crippen LogP contribution in [0.15, 0.2) is 59.3 Å². The summed E-state index contributed by atoms with van der Waals surface area (Å²) in [6.07, 6.45) is 1.23. The van der Waals surface area contributed by atoms with Crippen molar-refractivity contribution in [3.8, 4) is 5.75 Å². The minimum Gasteiger partial charge on any atom is -0.497 e. The Balaban J connectivity index is 1.50. The van der Waals surface area contributed by atoms with E-state index in [4.69, 9.17) is 4.74 Å². The van der Waals surface area contributed by atoms with Gasteiger partial charge >= 0.3 is 0 Å². The van der Waals surface area contributed by atoms with E-state index in [0.717, 1.165) is 35.4 Å². The molecule has 40 heavy (non-hydrogen) atoms. The second-order valence-electron chi connectivity index (χ2n) is 9.91. The molecule has 11 heteroatoms. The number of methoxy groups -OCH3 is 1. The molecular formula is C29H40N4O5S2. The summed E-state index contributed by atoms with van der Waals surface area (Å²) in [5.74, 6) is 0.756. The maximum Gasteiger partial charge on any atom is 0.251 e. The first kappa shape index (κ1) is 30.2. The van der Waals surface area contributed by atoms with Crippen LogP contribution in [0.2, 0.25) is 0 Å². The van der Waals surface area contributed by atoms with Crippen LogP contribution in [0.5, 0.6) is 5.75 Å². The van der Waals surface area contributed by atoms with Gasteiger partial charge in [0.2, 0.25) is 0 Å². The van der Waals surface area contributed by atoms with Gasteiger partial charge in [0, 0.05) is 37.4 Å². The van der Waals surface area contributed by atoms with E-state index in [9.17, 15) is 19.0 Å². The molecule has 0 aliphatic carbocycles. The summed E-state index contributed by atoms with van der Waals surface area (Å²) in [6, 6.07) is 14.5. The van der Waals surface area contributed by atoms with Gasteiger partial charge in [0.15, 0.2) is 0 Å². The average Bonchev–Trinajstić information content (AvgIpc) is 3.45. The number of benzene rings is 2. The zero-order valence-corrected chi connectivity index (χ0v) is 24.6. The van der Waals surface area contributed by atoms with Crippen LogP contribution in [0.1, 0.15) is 41.3 Å². The molecule has 2 unspecified atom stereocenters. The van der Waals surface area contributed by atoms with Gasteiger partial charge in [0.25, 0.3) is 5.91 Å². The van der Waals surface area contributed by atoms with Crippen molar-refractivity contribution < 1.29 is 23.7 Å². The quantitative estimate of drug-likeness (QED) is 0.166. The summed E-state index contributed by atoms with van der Waals surface area (Å²) in [6.45, 7) is 3.96. The Morgan fingerprint density at radius 1 is 1.15 bits per heavy atom. The van der Waals surface area contributed by atoms with E-state index in [0.29, 0.717) is 43.1 Å². The molecule has 0 radical (unpaired) electrons. The third kappa shape index (κ3) is 8.12. The van der Waals surface area contributed by atoms with Gasteiger partial charge in [-0.25, -0.2) is 0 Å². The number of amides is 1. The predicted octanol–water partition coefficient (Wildman–Crippen LogP) is 4.95. The van der Waals surface area contributed by atoms with Crippen LogP contribution in [-0.4, -0.2) is 64.8 Å². The highest BCUT2D eigenvalue weighted by Gasteiger charge is 2.28. The number of ether oxygens (including phenoxy) is 1. The van der Waals surface area contributed by atoms with Gasteiger partial charge < -0.3 is 25.8 Å². The Morgan fingerprint density at radius 3 is 2.73 bits per heavy atom. The smallest absolute Gasteiger partial charge is 0.251 e. The summed E-state index contributed by atoms with van der Waals surface area (Å²) < 4.78 is 28.3.